The van der Waals surface area contributed by atoms with Crippen molar-refractivity contribution in [2.75, 3.05) is 6.61 Å². The first-order chi connectivity index (χ1) is 6.07. The molecule has 1 rings (SSSR count). The minimum Gasteiger partial charge on any atom is -0.388 e. The van der Waals surface area contributed by atoms with Crippen LogP contribution in [-0.2, 0) is 9.47 Å². The van der Waals surface area contributed by atoms with E-state index in [1.807, 2.05) is 0 Å². The predicted molar refractivity (Wildman–Crippen MR) is 44.0 cm³/mol. The van der Waals surface area contributed by atoms with Gasteiger partial charge in [-0.3, -0.25) is 0 Å². The second kappa shape index (κ2) is 4.34. The average molecular weight is 192 g/mol. The Morgan fingerprint density at radius 1 is 1.15 bits per heavy atom. The molecule has 3 N–H and O–H groups in total. The Hall–Kier alpha value is -0.200. The molecule has 0 amide bonds. The summed E-state index contributed by atoms with van der Waals surface area (Å²) >= 11 is 0. The molecule has 78 valence electrons. The van der Waals surface area contributed by atoms with Gasteiger partial charge in [-0.25, -0.2) is 0 Å². The number of rotatable bonds is 2. The summed E-state index contributed by atoms with van der Waals surface area (Å²) in [5, 5.41) is 28.1. The molecule has 1 aliphatic rings. The van der Waals surface area contributed by atoms with Crippen molar-refractivity contribution in [3.8, 4) is 0 Å². The van der Waals surface area contributed by atoms with Crippen molar-refractivity contribution in [1.29, 1.82) is 0 Å². The summed E-state index contributed by atoms with van der Waals surface area (Å²) in [4.78, 5) is 0. The van der Waals surface area contributed by atoms with Crippen LogP contribution in [0.1, 0.15) is 13.8 Å². The maximum atomic E-state index is 9.40. The molecule has 1 heterocycles. The van der Waals surface area contributed by atoms with Crippen molar-refractivity contribution < 1.29 is 24.8 Å². The van der Waals surface area contributed by atoms with Crippen molar-refractivity contribution in [1.82, 2.24) is 0 Å². The standard InChI is InChI=1S/C8H16O5/c1-3-12-8-7(11)6(10)5(9)4(2)13-8/h4-11H,3H2,1-2H3/t4?,5?,6?,7?,8-/m0/s1. The number of aliphatic hydroxyl groups is 3. The van der Waals surface area contributed by atoms with E-state index >= 15 is 0 Å². The maximum Gasteiger partial charge on any atom is 0.186 e. The van der Waals surface area contributed by atoms with Crippen molar-refractivity contribution in [3.05, 3.63) is 0 Å². The normalized spacial score (nSPS) is 46.4. The topological polar surface area (TPSA) is 79.2 Å². The van der Waals surface area contributed by atoms with E-state index in [-0.39, 0.29) is 0 Å². The van der Waals surface area contributed by atoms with E-state index in [0.29, 0.717) is 6.61 Å². The summed E-state index contributed by atoms with van der Waals surface area (Å²) in [5.74, 6) is 0. The van der Waals surface area contributed by atoms with Crippen molar-refractivity contribution >= 4 is 0 Å². The number of hydrogen-bond donors (Lipinski definition) is 3. The van der Waals surface area contributed by atoms with Crippen LogP contribution in [0, 0.1) is 0 Å². The van der Waals surface area contributed by atoms with E-state index in [1.54, 1.807) is 13.8 Å². The summed E-state index contributed by atoms with van der Waals surface area (Å²) in [5.41, 5.74) is 0. The fourth-order valence-electron chi connectivity index (χ4n) is 1.32. The molecule has 0 aliphatic carbocycles. The Labute approximate surface area is 76.9 Å². The molecular formula is C8H16O5. The fourth-order valence-corrected chi connectivity index (χ4v) is 1.32. The molecule has 5 heteroatoms. The molecule has 0 spiro atoms. The molecule has 1 fully saturated rings. The van der Waals surface area contributed by atoms with Crippen molar-refractivity contribution in [2.45, 2.75) is 44.6 Å². The Morgan fingerprint density at radius 3 is 2.31 bits per heavy atom. The lowest BCUT2D eigenvalue weighted by atomic mass is 10.0. The van der Waals surface area contributed by atoms with Gasteiger partial charge in [0.1, 0.15) is 18.3 Å². The monoisotopic (exact) mass is 192 g/mol. The Balaban J connectivity index is 2.59. The molecule has 1 aliphatic heterocycles. The lowest BCUT2D eigenvalue weighted by molar-refractivity contribution is -0.291. The van der Waals surface area contributed by atoms with Crippen LogP contribution in [-0.4, -0.2) is 52.6 Å². The van der Waals surface area contributed by atoms with Gasteiger partial charge in [0, 0.05) is 6.61 Å². The van der Waals surface area contributed by atoms with Gasteiger partial charge in [-0.2, -0.15) is 0 Å². The predicted octanol–water partition coefficient (Wildman–Crippen LogP) is -1.15. The summed E-state index contributed by atoms with van der Waals surface area (Å²) in [6, 6.07) is 0. The minimum atomic E-state index is -1.21. The molecule has 0 radical (unpaired) electrons. The molecule has 0 aromatic rings. The van der Waals surface area contributed by atoms with Gasteiger partial charge >= 0.3 is 0 Å². The van der Waals surface area contributed by atoms with Gasteiger partial charge in [0.15, 0.2) is 6.29 Å². The van der Waals surface area contributed by atoms with Gasteiger partial charge in [0.2, 0.25) is 0 Å². The molecular weight excluding hydrogens is 176 g/mol. The molecule has 5 atom stereocenters. The summed E-state index contributed by atoms with van der Waals surface area (Å²) in [6.07, 6.45) is -4.84. The van der Waals surface area contributed by atoms with Crippen LogP contribution in [0.25, 0.3) is 0 Å². The van der Waals surface area contributed by atoms with E-state index in [0.717, 1.165) is 0 Å². The first-order valence-corrected chi connectivity index (χ1v) is 4.39. The molecule has 5 nitrogen and oxygen atoms in total. The SMILES string of the molecule is CCO[C@H]1OC(C)C(O)C(O)C1O. The summed E-state index contributed by atoms with van der Waals surface area (Å²) < 4.78 is 10.2. The van der Waals surface area contributed by atoms with Gasteiger partial charge in [-0.1, -0.05) is 0 Å². The van der Waals surface area contributed by atoms with Gasteiger partial charge in [0.05, 0.1) is 6.10 Å². The van der Waals surface area contributed by atoms with E-state index in [4.69, 9.17) is 9.47 Å². The highest BCUT2D eigenvalue weighted by atomic mass is 16.7. The molecule has 0 aromatic carbocycles. The first-order valence-electron chi connectivity index (χ1n) is 4.39. The third-order valence-corrected chi connectivity index (χ3v) is 2.14. The van der Waals surface area contributed by atoms with Gasteiger partial charge in [-0.05, 0) is 13.8 Å². The van der Waals surface area contributed by atoms with E-state index in [9.17, 15) is 15.3 Å². The zero-order chi connectivity index (χ0) is 10.0. The van der Waals surface area contributed by atoms with Crippen molar-refractivity contribution in [3.63, 3.8) is 0 Å². The van der Waals surface area contributed by atoms with Gasteiger partial charge < -0.3 is 24.8 Å². The lowest BCUT2D eigenvalue weighted by Crippen LogP contribution is -2.57. The van der Waals surface area contributed by atoms with Crippen molar-refractivity contribution in [2.24, 2.45) is 0 Å². The van der Waals surface area contributed by atoms with Gasteiger partial charge in [-0.15, -0.1) is 0 Å². The summed E-state index contributed by atoms with van der Waals surface area (Å²) in [7, 11) is 0. The smallest absolute Gasteiger partial charge is 0.186 e. The number of ether oxygens (including phenoxy) is 2. The Morgan fingerprint density at radius 2 is 1.77 bits per heavy atom. The first kappa shape index (κ1) is 10.9. The Kier molecular flexibility index (Phi) is 3.63. The zero-order valence-electron chi connectivity index (χ0n) is 7.75. The van der Waals surface area contributed by atoms with Crippen LogP contribution in [0.4, 0.5) is 0 Å². The fraction of sp³-hybridized carbons (Fsp3) is 1.00. The highest BCUT2D eigenvalue weighted by Gasteiger charge is 2.42. The lowest BCUT2D eigenvalue weighted by Gasteiger charge is -2.38. The maximum absolute atomic E-state index is 9.40. The summed E-state index contributed by atoms with van der Waals surface area (Å²) in [6.45, 7) is 3.77. The quantitative estimate of drug-likeness (QED) is 0.515. The molecule has 0 bridgehead atoms. The van der Waals surface area contributed by atoms with Crippen LogP contribution in [0.3, 0.4) is 0 Å². The zero-order valence-corrected chi connectivity index (χ0v) is 7.75. The second-order valence-corrected chi connectivity index (χ2v) is 3.14. The van der Waals surface area contributed by atoms with Crippen LogP contribution in [0.15, 0.2) is 0 Å². The van der Waals surface area contributed by atoms with E-state index in [1.165, 1.54) is 0 Å². The third kappa shape index (κ3) is 2.18. The molecule has 0 saturated carbocycles. The molecule has 0 aromatic heterocycles. The van der Waals surface area contributed by atoms with Crippen LogP contribution >= 0.6 is 0 Å². The van der Waals surface area contributed by atoms with Crippen LogP contribution < -0.4 is 0 Å². The molecule has 13 heavy (non-hydrogen) atoms. The number of aliphatic hydroxyl groups excluding tert-OH is 3. The number of hydrogen-bond acceptors (Lipinski definition) is 5. The average Bonchev–Trinajstić information content (AvgIpc) is 2.11. The molecule has 1 saturated heterocycles. The second-order valence-electron chi connectivity index (χ2n) is 3.14. The highest BCUT2D eigenvalue weighted by Crippen LogP contribution is 2.21. The highest BCUT2D eigenvalue weighted by molar-refractivity contribution is 4.86. The largest absolute Gasteiger partial charge is 0.388 e. The van der Waals surface area contributed by atoms with Crippen LogP contribution in [0.2, 0.25) is 0 Å². The molecule has 4 unspecified atom stereocenters. The van der Waals surface area contributed by atoms with E-state index < -0.39 is 30.7 Å². The van der Waals surface area contributed by atoms with Crippen LogP contribution in [0.5, 0.6) is 0 Å². The van der Waals surface area contributed by atoms with Gasteiger partial charge in [0.25, 0.3) is 0 Å². The third-order valence-electron chi connectivity index (χ3n) is 2.14. The van der Waals surface area contributed by atoms with E-state index in [2.05, 4.69) is 0 Å². The minimum absolute atomic E-state index is 0.386. The Bertz CT molecular complexity index is 163.